The van der Waals surface area contributed by atoms with Gasteiger partial charge in [0.15, 0.2) is 0 Å². The van der Waals surface area contributed by atoms with Crippen LogP contribution in [0.4, 0.5) is 23.7 Å². The number of halogens is 3. The Hall–Kier alpha value is -4.06. The molecule has 0 unspecified atom stereocenters. The molecule has 1 saturated heterocycles. The number of carbonyl (C=O) groups excluding carboxylic acids is 3. The normalized spacial score (nSPS) is 13.7. The summed E-state index contributed by atoms with van der Waals surface area (Å²) in [5.41, 5.74) is -2.68. The number of carbonyl (C=O) groups is 3. The van der Waals surface area contributed by atoms with Gasteiger partial charge in [-0.2, -0.15) is 13.2 Å². The van der Waals surface area contributed by atoms with Crippen LogP contribution in [0.1, 0.15) is 21.5 Å². The summed E-state index contributed by atoms with van der Waals surface area (Å²) in [6.45, 7) is -0.0152. The Morgan fingerprint density at radius 1 is 1.08 bits per heavy atom. The van der Waals surface area contributed by atoms with Crippen LogP contribution in [0.3, 0.4) is 0 Å². The van der Waals surface area contributed by atoms with Crippen LogP contribution in [0.5, 0.6) is 5.75 Å². The van der Waals surface area contributed by atoms with E-state index in [-0.39, 0.29) is 47.5 Å². The van der Waals surface area contributed by atoms with Crippen molar-refractivity contribution < 1.29 is 32.3 Å². The first-order valence-electron chi connectivity index (χ1n) is 11.0. The number of alkyl halides is 3. The van der Waals surface area contributed by atoms with Crippen LogP contribution in [0.25, 0.3) is 0 Å². The van der Waals surface area contributed by atoms with E-state index in [1.165, 1.54) is 41.6 Å². The number of ether oxygens (including phenoxy) is 1. The number of amides is 4. The van der Waals surface area contributed by atoms with Gasteiger partial charge in [-0.1, -0.05) is 12.1 Å². The number of nitrogens with zero attached hydrogens (tertiary/aromatic N) is 3. The quantitative estimate of drug-likeness (QED) is 0.338. The third kappa shape index (κ3) is 6.39. The van der Waals surface area contributed by atoms with Crippen molar-refractivity contribution in [2.24, 2.45) is 0 Å². The molecule has 2 aromatic carbocycles. The minimum Gasteiger partial charge on any atom is -0.497 e. The molecular formula is C25H21F3N4O4S. The number of urea groups is 1. The first kappa shape index (κ1) is 26.0. The lowest BCUT2D eigenvalue weighted by molar-refractivity contribution is -0.116. The molecule has 1 N–H and O–H groups in total. The molecule has 1 aromatic heterocycles. The Morgan fingerprint density at radius 2 is 1.78 bits per heavy atom. The van der Waals surface area contributed by atoms with Crippen molar-refractivity contribution in [1.82, 2.24) is 15.2 Å². The van der Waals surface area contributed by atoms with Gasteiger partial charge in [-0.05, 0) is 65.4 Å². The molecule has 2 heterocycles. The zero-order chi connectivity index (χ0) is 26.6. The predicted molar refractivity (Wildman–Crippen MR) is 130 cm³/mol. The fourth-order valence-electron chi connectivity index (χ4n) is 3.72. The van der Waals surface area contributed by atoms with Crippen molar-refractivity contribution in [3.63, 3.8) is 0 Å². The molecule has 4 amide bonds. The molecule has 1 aliphatic heterocycles. The van der Waals surface area contributed by atoms with Crippen LogP contribution >= 0.6 is 11.8 Å². The van der Waals surface area contributed by atoms with Crippen LogP contribution in [0.2, 0.25) is 0 Å². The second kappa shape index (κ2) is 10.9. The lowest BCUT2D eigenvalue weighted by Crippen LogP contribution is -2.33. The molecule has 0 radical (unpaired) electrons. The molecule has 8 nitrogen and oxygen atoms in total. The van der Waals surface area contributed by atoms with E-state index in [9.17, 15) is 27.6 Å². The molecular weight excluding hydrogens is 509 g/mol. The molecule has 3 aromatic rings. The number of anilines is 1. The summed E-state index contributed by atoms with van der Waals surface area (Å²) in [6.07, 6.45) is 2.86. The molecule has 0 spiro atoms. The van der Waals surface area contributed by atoms with Gasteiger partial charge in [0.05, 0.1) is 18.4 Å². The second-order valence-electron chi connectivity index (χ2n) is 7.97. The van der Waals surface area contributed by atoms with Crippen molar-refractivity contribution in [2.45, 2.75) is 23.5 Å². The molecule has 4 rings (SSSR count). The standard InChI is InChI=1S/C25H21F3N4O4S/c1-36-19-6-2-16(3-7-19)12-30-23(34)21-13-29-11-10-17(21)14-31-15-22(33)32(24(31)35)18-4-8-20(9-5-18)37-25(26,27)28/h2-11,13H,12,14-15H2,1H3,(H,30,34). The Kier molecular flexibility index (Phi) is 7.67. The lowest BCUT2D eigenvalue weighted by atomic mass is 10.1. The third-order valence-electron chi connectivity index (χ3n) is 5.50. The van der Waals surface area contributed by atoms with E-state index in [1.807, 2.05) is 12.1 Å². The number of hydrogen-bond donors (Lipinski definition) is 1. The van der Waals surface area contributed by atoms with Crippen LogP contribution in [-0.2, 0) is 17.9 Å². The molecule has 1 fully saturated rings. The van der Waals surface area contributed by atoms with E-state index >= 15 is 0 Å². The molecule has 1 aliphatic rings. The van der Waals surface area contributed by atoms with E-state index in [4.69, 9.17) is 4.74 Å². The SMILES string of the molecule is COc1ccc(CNC(=O)c2cnccc2CN2CC(=O)N(c3ccc(SC(F)(F)F)cc3)C2=O)cc1. The van der Waals surface area contributed by atoms with Crippen LogP contribution < -0.4 is 15.0 Å². The highest BCUT2D eigenvalue weighted by atomic mass is 32.2. The zero-order valence-corrected chi connectivity index (χ0v) is 20.3. The maximum absolute atomic E-state index is 13.0. The topological polar surface area (TPSA) is 91.8 Å². The summed E-state index contributed by atoms with van der Waals surface area (Å²) in [5.74, 6) is -0.230. The Bertz CT molecular complexity index is 1300. The molecule has 192 valence electrons. The highest BCUT2D eigenvalue weighted by molar-refractivity contribution is 8.00. The van der Waals surface area contributed by atoms with Crippen molar-refractivity contribution in [3.05, 3.63) is 83.7 Å². The first-order chi connectivity index (χ1) is 17.6. The number of aromatic nitrogens is 1. The second-order valence-corrected chi connectivity index (χ2v) is 9.11. The van der Waals surface area contributed by atoms with Gasteiger partial charge >= 0.3 is 11.5 Å². The number of imide groups is 1. The number of pyridine rings is 1. The van der Waals surface area contributed by atoms with Crippen molar-refractivity contribution in [3.8, 4) is 5.75 Å². The Balaban J connectivity index is 1.43. The van der Waals surface area contributed by atoms with Crippen LogP contribution in [0.15, 0.2) is 71.9 Å². The summed E-state index contributed by atoms with van der Waals surface area (Å²) < 4.78 is 42.9. The largest absolute Gasteiger partial charge is 0.497 e. The fraction of sp³-hybridized carbons (Fsp3) is 0.200. The minimum atomic E-state index is -4.44. The predicted octanol–water partition coefficient (Wildman–Crippen LogP) is 4.60. The number of methoxy groups -OCH3 is 1. The molecule has 0 saturated carbocycles. The highest BCUT2D eigenvalue weighted by Gasteiger charge is 2.37. The number of rotatable bonds is 8. The molecule has 0 bridgehead atoms. The summed E-state index contributed by atoms with van der Waals surface area (Å²) >= 11 is -0.284. The maximum atomic E-state index is 13.0. The summed E-state index contributed by atoms with van der Waals surface area (Å²) in [6, 6.07) is 13.1. The van der Waals surface area contributed by atoms with Gasteiger partial charge in [-0.15, -0.1) is 0 Å². The van der Waals surface area contributed by atoms with E-state index in [1.54, 1.807) is 25.3 Å². The van der Waals surface area contributed by atoms with Crippen molar-refractivity contribution >= 4 is 35.3 Å². The maximum Gasteiger partial charge on any atom is 0.446 e. The summed E-state index contributed by atoms with van der Waals surface area (Å²) in [4.78, 5) is 44.6. The average molecular weight is 531 g/mol. The molecule has 0 atom stereocenters. The molecule has 12 heteroatoms. The van der Waals surface area contributed by atoms with Gasteiger partial charge in [-0.25, -0.2) is 9.69 Å². The van der Waals surface area contributed by atoms with E-state index in [2.05, 4.69) is 10.3 Å². The lowest BCUT2D eigenvalue weighted by Gasteiger charge is -2.19. The van der Waals surface area contributed by atoms with Crippen LogP contribution in [0, 0.1) is 0 Å². The highest BCUT2D eigenvalue weighted by Crippen LogP contribution is 2.37. The van der Waals surface area contributed by atoms with Gasteiger partial charge < -0.3 is 15.0 Å². The number of benzene rings is 2. The van der Waals surface area contributed by atoms with E-state index < -0.39 is 23.4 Å². The number of thioether (sulfide) groups is 1. The Labute approximate surface area is 214 Å². The third-order valence-corrected chi connectivity index (χ3v) is 6.23. The van der Waals surface area contributed by atoms with Gasteiger partial charge in [0.2, 0.25) is 0 Å². The summed E-state index contributed by atoms with van der Waals surface area (Å²) in [5, 5.41) is 2.81. The van der Waals surface area contributed by atoms with E-state index in [0.29, 0.717) is 11.3 Å². The number of nitrogens with one attached hydrogen (secondary N) is 1. The fourth-order valence-corrected chi connectivity index (χ4v) is 4.26. The molecule has 37 heavy (non-hydrogen) atoms. The average Bonchev–Trinajstić information content (AvgIpc) is 3.15. The van der Waals surface area contributed by atoms with E-state index in [0.717, 1.165) is 10.5 Å². The van der Waals surface area contributed by atoms with Crippen molar-refractivity contribution in [1.29, 1.82) is 0 Å². The minimum absolute atomic E-state index is 0.0309. The van der Waals surface area contributed by atoms with Crippen LogP contribution in [-0.4, -0.2) is 46.9 Å². The smallest absolute Gasteiger partial charge is 0.446 e. The van der Waals surface area contributed by atoms with Gasteiger partial charge in [0.25, 0.3) is 11.8 Å². The monoisotopic (exact) mass is 530 g/mol. The summed E-state index contributed by atoms with van der Waals surface area (Å²) in [7, 11) is 1.56. The molecule has 0 aliphatic carbocycles. The first-order valence-corrected chi connectivity index (χ1v) is 11.8. The van der Waals surface area contributed by atoms with Gasteiger partial charge in [-0.3, -0.25) is 14.6 Å². The van der Waals surface area contributed by atoms with Crippen molar-refractivity contribution in [2.75, 3.05) is 18.6 Å². The zero-order valence-electron chi connectivity index (χ0n) is 19.5. The number of hydrogen-bond acceptors (Lipinski definition) is 6. The Morgan fingerprint density at radius 3 is 2.43 bits per heavy atom. The van der Waals surface area contributed by atoms with Gasteiger partial charge in [0, 0.05) is 30.4 Å². The van der Waals surface area contributed by atoms with Gasteiger partial charge in [0.1, 0.15) is 12.3 Å².